The lowest BCUT2D eigenvalue weighted by molar-refractivity contribution is -0.133. The molecule has 0 radical (unpaired) electrons. The number of carboxylic acid groups (broad SMARTS) is 1. The van der Waals surface area contributed by atoms with Gasteiger partial charge in [0.1, 0.15) is 17.2 Å². The van der Waals surface area contributed by atoms with Crippen LogP contribution >= 0.6 is 11.3 Å². The number of nitrogens with zero attached hydrogens (tertiary/aromatic N) is 3. The van der Waals surface area contributed by atoms with E-state index in [1.165, 1.54) is 16.4 Å². The molecule has 0 unspecified atom stereocenters. The zero-order valence-electron chi connectivity index (χ0n) is 15.0. The van der Waals surface area contributed by atoms with Crippen LogP contribution in [0.15, 0.2) is 10.2 Å². The second-order valence-corrected chi connectivity index (χ2v) is 7.56. The maximum atomic E-state index is 12.9. The Labute approximate surface area is 155 Å². The normalized spacial score (nSPS) is 15.3. The van der Waals surface area contributed by atoms with Gasteiger partial charge >= 0.3 is 5.97 Å². The summed E-state index contributed by atoms with van der Waals surface area (Å²) in [5.41, 5.74) is -0.497. The standard InChI is InChI=1S/C18H23N3O4S/c1-3-13-19-16-15(12(10-26-16)18(24)25)17(23)21(13)9-14(22)20(2)11-7-5-4-6-8-11/h10-11H,3-9H2,1-2H3,(H,24,25). The number of amides is 1. The molecule has 0 atom stereocenters. The van der Waals surface area contributed by atoms with Crippen LogP contribution in [0, 0.1) is 0 Å². The van der Waals surface area contributed by atoms with E-state index >= 15 is 0 Å². The van der Waals surface area contributed by atoms with Crippen molar-refractivity contribution in [3.05, 3.63) is 27.1 Å². The number of likely N-dealkylation sites (N-methyl/N-ethyl adjacent to an activating group) is 1. The van der Waals surface area contributed by atoms with Crippen molar-refractivity contribution in [3.8, 4) is 0 Å². The van der Waals surface area contributed by atoms with Gasteiger partial charge in [-0.05, 0) is 12.8 Å². The molecular formula is C18H23N3O4S. The average Bonchev–Trinajstić information content (AvgIpc) is 3.08. The van der Waals surface area contributed by atoms with Gasteiger partial charge in [0.25, 0.3) is 5.56 Å². The fourth-order valence-corrected chi connectivity index (χ4v) is 4.50. The number of thiophene rings is 1. The van der Waals surface area contributed by atoms with E-state index in [0.717, 1.165) is 37.0 Å². The highest BCUT2D eigenvalue weighted by Crippen LogP contribution is 2.23. The van der Waals surface area contributed by atoms with Crippen LogP contribution in [0.4, 0.5) is 0 Å². The van der Waals surface area contributed by atoms with E-state index in [1.54, 1.807) is 11.9 Å². The quantitative estimate of drug-likeness (QED) is 0.864. The molecule has 0 aromatic carbocycles. The maximum Gasteiger partial charge on any atom is 0.337 e. The summed E-state index contributed by atoms with van der Waals surface area (Å²) in [5.74, 6) is -0.787. The van der Waals surface area contributed by atoms with Crippen molar-refractivity contribution >= 4 is 33.4 Å². The van der Waals surface area contributed by atoms with Gasteiger partial charge < -0.3 is 10.0 Å². The fraction of sp³-hybridized carbons (Fsp3) is 0.556. The van der Waals surface area contributed by atoms with Crippen LogP contribution in [-0.2, 0) is 17.8 Å². The molecule has 0 aliphatic heterocycles. The van der Waals surface area contributed by atoms with Gasteiger partial charge in [-0.2, -0.15) is 0 Å². The summed E-state index contributed by atoms with van der Waals surface area (Å²) in [7, 11) is 1.79. The van der Waals surface area contributed by atoms with Crippen molar-refractivity contribution in [2.45, 2.75) is 58.0 Å². The lowest BCUT2D eigenvalue weighted by atomic mass is 9.94. The van der Waals surface area contributed by atoms with E-state index in [2.05, 4.69) is 4.98 Å². The average molecular weight is 377 g/mol. The number of carbonyl (C=O) groups excluding carboxylic acids is 1. The van der Waals surface area contributed by atoms with Gasteiger partial charge in [-0.3, -0.25) is 14.2 Å². The van der Waals surface area contributed by atoms with Crippen LogP contribution in [0.25, 0.3) is 10.2 Å². The molecule has 2 aromatic rings. The van der Waals surface area contributed by atoms with Crippen LogP contribution in [-0.4, -0.2) is 44.5 Å². The summed E-state index contributed by atoms with van der Waals surface area (Å²) in [4.78, 5) is 43.6. The Balaban J connectivity index is 1.96. The molecule has 8 heteroatoms. The summed E-state index contributed by atoms with van der Waals surface area (Å²) in [6.07, 6.45) is 5.91. The number of fused-ring (bicyclic) bond motifs is 1. The Kier molecular flexibility index (Phi) is 5.41. The SMILES string of the molecule is CCc1nc2scc(C(=O)O)c2c(=O)n1CC(=O)N(C)C1CCCCC1. The molecule has 0 bridgehead atoms. The Morgan fingerprint density at radius 1 is 1.35 bits per heavy atom. The van der Waals surface area contributed by atoms with Crippen LogP contribution < -0.4 is 5.56 Å². The van der Waals surface area contributed by atoms with E-state index in [9.17, 15) is 19.5 Å². The third-order valence-electron chi connectivity index (χ3n) is 5.13. The van der Waals surface area contributed by atoms with Crippen molar-refractivity contribution in [2.24, 2.45) is 0 Å². The molecular weight excluding hydrogens is 354 g/mol. The van der Waals surface area contributed by atoms with Crippen LogP contribution in [0.3, 0.4) is 0 Å². The molecule has 7 nitrogen and oxygen atoms in total. The molecule has 2 aromatic heterocycles. The number of carbonyl (C=O) groups is 2. The van der Waals surface area contributed by atoms with Gasteiger partial charge in [0.05, 0.1) is 10.9 Å². The molecule has 1 amide bonds. The number of hydrogen-bond acceptors (Lipinski definition) is 5. The minimum Gasteiger partial charge on any atom is -0.478 e. The molecule has 1 fully saturated rings. The van der Waals surface area contributed by atoms with E-state index < -0.39 is 11.5 Å². The monoisotopic (exact) mass is 377 g/mol. The first-order valence-electron chi connectivity index (χ1n) is 8.93. The number of aromatic carboxylic acids is 1. The van der Waals surface area contributed by atoms with Gasteiger partial charge in [-0.15, -0.1) is 11.3 Å². The lowest BCUT2D eigenvalue weighted by Crippen LogP contribution is -2.42. The number of rotatable bonds is 5. The first-order valence-corrected chi connectivity index (χ1v) is 9.81. The highest BCUT2D eigenvalue weighted by atomic mass is 32.1. The van der Waals surface area contributed by atoms with E-state index in [4.69, 9.17) is 0 Å². The first kappa shape index (κ1) is 18.6. The fourth-order valence-electron chi connectivity index (χ4n) is 3.58. The first-order chi connectivity index (χ1) is 12.4. The third kappa shape index (κ3) is 3.38. The maximum absolute atomic E-state index is 12.9. The van der Waals surface area contributed by atoms with Crippen LogP contribution in [0.1, 0.15) is 55.2 Å². The number of aryl methyl sites for hydroxylation is 1. The predicted octanol–water partition coefficient (Wildman–Crippen LogP) is 2.51. The molecule has 1 saturated carbocycles. The highest BCUT2D eigenvalue weighted by molar-refractivity contribution is 7.17. The molecule has 1 aliphatic carbocycles. The number of hydrogen-bond donors (Lipinski definition) is 1. The third-order valence-corrected chi connectivity index (χ3v) is 6.00. The largest absolute Gasteiger partial charge is 0.478 e. The Bertz CT molecular complexity index is 896. The summed E-state index contributed by atoms with van der Waals surface area (Å²) in [6, 6.07) is 0.212. The van der Waals surface area contributed by atoms with Gasteiger partial charge in [0.2, 0.25) is 5.91 Å². The van der Waals surface area contributed by atoms with E-state index in [0.29, 0.717) is 17.1 Å². The molecule has 3 rings (SSSR count). The summed E-state index contributed by atoms with van der Waals surface area (Å²) in [6.45, 7) is 1.76. The van der Waals surface area contributed by atoms with Crippen molar-refractivity contribution in [3.63, 3.8) is 0 Å². The molecule has 0 saturated heterocycles. The second kappa shape index (κ2) is 7.57. The zero-order valence-corrected chi connectivity index (χ0v) is 15.8. The summed E-state index contributed by atoms with van der Waals surface area (Å²) >= 11 is 1.14. The van der Waals surface area contributed by atoms with Crippen LogP contribution in [0.5, 0.6) is 0 Å². The van der Waals surface area contributed by atoms with Gasteiger partial charge in [-0.1, -0.05) is 26.2 Å². The molecule has 26 heavy (non-hydrogen) atoms. The Hall–Kier alpha value is -2.22. The highest BCUT2D eigenvalue weighted by Gasteiger charge is 2.25. The minimum absolute atomic E-state index is 0.0491. The lowest BCUT2D eigenvalue weighted by Gasteiger charge is -2.31. The van der Waals surface area contributed by atoms with E-state index in [-0.39, 0.29) is 29.4 Å². The van der Waals surface area contributed by atoms with E-state index in [1.807, 2.05) is 6.92 Å². The molecule has 140 valence electrons. The van der Waals surface area contributed by atoms with Crippen molar-refractivity contribution < 1.29 is 14.7 Å². The second-order valence-electron chi connectivity index (χ2n) is 6.70. The zero-order chi connectivity index (χ0) is 18.8. The molecule has 1 N–H and O–H groups in total. The van der Waals surface area contributed by atoms with Gasteiger partial charge in [0, 0.05) is 24.9 Å². The van der Waals surface area contributed by atoms with Crippen molar-refractivity contribution in [1.29, 1.82) is 0 Å². The number of carboxylic acids is 1. The topological polar surface area (TPSA) is 92.5 Å². The van der Waals surface area contributed by atoms with Crippen molar-refractivity contribution in [1.82, 2.24) is 14.5 Å². The summed E-state index contributed by atoms with van der Waals surface area (Å²) < 4.78 is 1.34. The van der Waals surface area contributed by atoms with Gasteiger partial charge in [0.15, 0.2) is 0 Å². The number of aromatic nitrogens is 2. The predicted molar refractivity (Wildman–Crippen MR) is 99.9 cm³/mol. The molecule has 1 aliphatic rings. The Morgan fingerprint density at radius 3 is 2.65 bits per heavy atom. The molecule has 0 spiro atoms. The minimum atomic E-state index is -1.16. The Morgan fingerprint density at radius 2 is 2.04 bits per heavy atom. The summed E-state index contributed by atoms with van der Waals surface area (Å²) in [5, 5.41) is 10.8. The van der Waals surface area contributed by atoms with Crippen LogP contribution in [0.2, 0.25) is 0 Å². The van der Waals surface area contributed by atoms with Crippen molar-refractivity contribution in [2.75, 3.05) is 7.05 Å². The smallest absolute Gasteiger partial charge is 0.337 e. The van der Waals surface area contributed by atoms with Gasteiger partial charge in [-0.25, -0.2) is 9.78 Å². The molecule has 2 heterocycles.